The Morgan fingerprint density at radius 2 is 2.00 bits per heavy atom. The highest BCUT2D eigenvalue weighted by Crippen LogP contribution is 2.24. The Morgan fingerprint density at radius 3 is 2.73 bits per heavy atom. The van der Waals surface area contributed by atoms with Gasteiger partial charge in [-0.2, -0.15) is 0 Å². The number of thiocarbonyl (C=S) groups is 1. The summed E-state index contributed by atoms with van der Waals surface area (Å²) in [6.07, 6.45) is 1.07. The van der Waals surface area contributed by atoms with Crippen LogP contribution >= 0.6 is 35.4 Å². The van der Waals surface area contributed by atoms with Gasteiger partial charge in [0.25, 0.3) is 0 Å². The summed E-state index contributed by atoms with van der Waals surface area (Å²) in [7, 11) is 0. The molecule has 1 fully saturated rings. The van der Waals surface area contributed by atoms with Gasteiger partial charge in [0.15, 0.2) is 5.11 Å². The van der Waals surface area contributed by atoms with Crippen LogP contribution < -0.4 is 21.1 Å². The van der Waals surface area contributed by atoms with Gasteiger partial charge in [0, 0.05) is 13.0 Å². The lowest BCUT2D eigenvalue weighted by atomic mass is 10.3. The van der Waals surface area contributed by atoms with E-state index in [0.29, 0.717) is 15.2 Å². The third kappa shape index (κ3) is 6.14. The molecule has 1 heterocycles. The van der Waals surface area contributed by atoms with E-state index in [9.17, 15) is 0 Å². The first kappa shape index (κ1) is 17.6. The topological polar surface area (TPSA) is 49.8 Å². The molecule has 5 nitrogen and oxygen atoms in total. The van der Waals surface area contributed by atoms with Crippen LogP contribution in [0.2, 0.25) is 10.0 Å². The van der Waals surface area contributed by atoms with Crippen molar-refractivity contribution in [1.29, 1.82) is 0 Å². The Labute approximate surface area is 146 Å². The Hall–Kier alpha value is -0.790. The van der Waals surface area contributed by atoms with Crippen molar-refractivity contribution in [2.24, 2.45) is 0 Å². The van der Waals surface area contributed by atoms with Crippen molar-refractivity contribution < 1.29 is 9.64 Å². The molecule has 122 valence electrons. The van der Waals surface area contributed by atoms with Gasteiger partial charge in [-0.25, -0.2) is 0 Å². The molecule has 22 heavy (non-hydrogen) atoms. The summed E-state index contributed by atoms with van der Waals surface area (Å²) in [6.45, 7) is 5.92. The molecular weight excluding hydrogens is 343 g/mol. The highest BCUT2D eigenvalue weighted by molar-refractivity contribution is 7.80. The fraction of sp³-hybridized carbons (Fsp3) is 0.500. The molecule has 0 amide bonds. The number of nitrogens with one attached hydrogen (secondary N) is 4. The first-order valence-electron chi connectivity index (χ1n) is 7.31. The summed E-state index contributed by atoms with van der Waals surface area (Å²) < 4.78 is 5.34. The lowest BCUT2D eigenvalue weighted by Gasteiger charge is -2.23. The fourth-order valence-corrected chi connectivity index (χ4v) is 2.65. The van der Waals surface area contributed by atoms with E-state index in [0.717, 1.165) is 51.5 Å². The van der Waals surface area contributed by atoms with E-state index >= 15 is 0 Å². The molecule has 2 rings (SSSR count). The highest BCUT2D eigenvalue weighted by atomic mass is 35.5. The van der Waals surface area contributed by atoms with Crippen LogP contribution in [0.1, 0.15) is 6.42 Å². The maximum atomic E-state index is 5.95. The fourth-order valence-electron chi connectivity index (χ4n) is 2.20. The Bertz CT molecular complexity index is 498. The van der Waals surface area contributed by atoms with Gasteiger partial charge >= 0.3 is 0 Å². The molecule has 0 aromatic heterocycles. The van der Waals surface area contributed by atoms with Gasteiger partial charge in [-0.15, -0.1) is 0 Å². The standard InChI is InChI=1S/C14H20Cl2N4OS/c15-12-3-2-11(10-13(12)16)18-19-14(22)17-4-1-5-20-6-8-21-9-7-20/h2-3,10,18H,1,4-9H2,(H2,17,19,22)/p+1. The zero-order valence-electron chi connectivity index (χ0n) is 12.3. The van der Waals surface area contributed by atoms with Gasteiger partial charge < -0.3 is 15.0 Å². The molecule has 1 aliphatic rings. The van der Waals surface area contributed by atoms with Crippen molar-refractivity contribution in [2.45, 2.75) is 6.42 Å². The van der Waals surface area contributed by atoms with E-state index in [1.165, 1.54) is 0 Å². The summed E-state index contributed by atoms with van der Waals surface area (Å²) in [6, 6.07) is 5.29. The van der Waals surface area contributed by atoms with Gasteiger partial charge in [0.1, 0.15) is 13.1 Å². The van der Waals surface area contributed by atoms with E-state index in [4.69, 9.17) is 40.2 Å². The van der Waals surface area contributed by atoms with Gasteiger partial charge in [-0.3, -0.25) is 10.9 Å². The summed E-state index contributed by atoms with van der Waals surface area (Å²) >= 11 is 17.0. The molecule has 8 heteroatoms. The van der Waals surface area contributed by atoms with E-state index < -0.39 is 0 Å². The number of quaternary nitrogens is 1. The van der Waals surface area contributed by atoms with Gasteiger partial charge in [-0.1, -0.05) is 23.2 Å². The van der Waals surface area contributed by atoms with Crippen molar-refractivity contribution in [2.75, 3.05) is 44.8 Å². The van der Waals surface area contributed by atoms with E-state index in [2.05, 4.69) is 16.2 Å². The Morgan fingerprint density at radius 1 is 1.23 bits per heavy atom. The number of hydrogen-bond donors (Lipinski definition) is 4. The molecule has 0 spiro atoms. The first-order chi connectivity index (χ1) is 10.6. The summed E-state index contributed by atoms with van der Waals surface area (Å²) in [5.41, 5.74) is 6.71. The number of hydrazine groups is 1. The lowest BCUT2D eigenvalue weighted by Crippen LogP contribution is -3.14. The minimum atomic E-state index is 0.501. The second kappa shape index (κ2) is 9.37. The van der Waals surface area contributed by atoms with Crippen LogP contribution in [0, 0.1) is 0 Å². The molecule has 0 aliphatic carbocycles. The molecular formula is C14H21Cl2N4OS+. The van der Waals surface area contributed by atoms with Crippen LogP contribution in [-0.4, -0.2) is 44.5 Å². The van der Waals surface area contributed by atoms with E-state index in [1.54, 1.807) is 17.0 Å². The average Bonchev–Trinajstić information content (AvgIpc) is 2.54. The van der Waals surface area contributed by atoms with Crippen molar-refractivity contribution >= 4 is 46.2 Å². The third-order valence-electron chi connectivity index (χ3n) is 3.43. The smallest absolute Gasteiger partial charge is 0.185 e. The Balaban J connectivity index is 1.58. The molecule has 0 saturated carbocycles. The number of anilines is 1. The number of morpholine rings is 1. The van der Waals surface area contributed by atoms with Crippen LogP contribution in [0.25, 0.3) is 0 Å². The lowest BCUT2D eigenvalue weighted by molar-refractivity contribution is -0.908. The SMILES string of the molecule is S=C(NCCC[NH+]1CCOCC1)NNc1ccc(Cl)c(Cl)c1. The summed E-state index contributed by atoms with van der Waals surface area (Å²) in [4.78, 5) is 1.60. The van der Waals surface area contributed by atoms with Crippen LogP contribution in [0.4, 0.5) is 5.69 Å². The minimum Gasteiger partial charge on any atom is -0.370 e. The molecule has 1 aromatic carbocycles. The van der Waals surface area contributed by atoms with Crippen LogP contribution in [0.5, 0.6) is 0 Å². The second-order valence-corrected chi connectivity index (χ2v) is 6.32. The van der Waals surface area contributed by atoms with Gasteiger partial charge in [0.05, 0.1) is 35.5 Å². The minimum absolute atomic E-state index is 0.501. The van der Waals surface area contributed by atoms with Crippen LogP contribution in [0.15, 0.2) is 18.2 Å². The van der Waals surface area contributed by atoms with E-state index in [-0.39, 0.29) is 0 Å². The maximum absolute atomic E-state index is 5.95. The molecule has 0 radical (unpaired) electrons. The number of rotatable bonds is 6. The quantitative estimate of drug-likeness (QED) is 0.346. The summed E-state index contributed by atoms with van der Waals surface area (Å²) in [5.74, 6) is 0. The van der Waals surface area contributed by atoms with Crippen molar-refractivity contribution in [3.05, 3.63) is 28.2 Å². The van der Waals surface area contributed by atoms with Crippen molar-refractivity contribution in [3.63, 3.8) is 0 Å². The molecule has 0 atom stereocenters. The number of hydrogen-bond acceptors (Lipinski definition) is 3. The van der Waals surface area contributed by atoms with Crippen LogP contribution in [0.3, 0.4) is 0 Å². The monoisotopic (exact) mass is 363 g/mol. The number of benzene rings is 1. The zero-order chi connectivity index (χ0) is 15.8. The van der Waals surface area contributed by atoms with Gasteiger partial charge in [-0.05, 0) is 30.4 Å². The normalized spacial score (nSPS) is 15.4. The first-order valence-corrected chi connectivity index (χ1v) is 8.48. The van der Waals surface area contributed by atoms with Crippen molar-refractivity contribution in [1.82, 2.24) is 10.7 Å². The predicted octanol–water partition coefficient (Wildman–Crippen LogP) is 1.09. The third-order valence-corrected chi connectivity index (χ3v) is 4.42. The van der Waals surface area contributed by atoms with Gasteiger partial charge in [0.2, 0.25) is 0 Å². The van der Waals surface area contributed by atoms with Crippen LogP contribution in [-0.2, 0) is 4.74 Å². The molecule has 1 aromatic rings. The maximum Gasteiger partial charge on any atom is 0.185 e. The Kier molecular flexibility index (Phi) is 7.48. The second-order valence-electron chi connectivity index (χ2n) is 5.10. The summed E-state index contributed by atoms with van der Waals surface area (Å²) in [5, 5.41) is 4.76. The molecule has 1 aliphatic heterocycles. The molecule has 0 unspecified atom stereocenters. The molecule has 0 bridgehead atoms. The molecule has 1 saturated heterocycles. The largest absolute Gasteiger partial charge is 0.370 e. The zero-order valence-corrected chi connectivity index (χ0v) is 14.6. The number of ether oxygens (including phenoxy) is 1. The number of halogens is 2. The average molecular weight is 364 g/mol. The highest BCUT2D eigenvalue weighted by Gasteiger charge is 2.12. The van der Waals surface area contributed by atoms with Crippen molar-refractivity contribution in [3.8, 4) is 0 Å². The predicted molar refractivity (Wildman–Crippen MR) is 94.8 cm³/mol. The molecule has 4 N–H and O–H groups in total. The van der Waals surface area contributed by atoms with E-state index in [1.807, 2.05) is 6.07 Å².